The van der Waals surface area contributed by atoms with E-state index < -0.39 is 11.0 Å². The van der Waals surface area contributed by atoms with Crippen LogP contribution in [0.1, 0.15) is 25.0 Å². The van der Waals surface area contributed by atoms with Crippen molar-refractivity contribution in [2.45, 2.75) is 33.8 Å². The highest BCUT2D eigenvalue weighted by Crippen LogP contribution is 2.34. The lowest BCUT2D eigenvalue weighted by Crippen LogP contribution is -2.36. The van der Waals surface area contributed by atoms with Gasteiger partial charge in [0, 0.05) is 36.0 Å². The molecule has 0 aliphatic rings. The minimum atomic E-state index is -0.530. The summed E-state index contributed by atoms with van der Waals surface area (Å²) in [5.41, 5.74) is 4.47. The van der Waals surface area contributed by atoms with E-state index in [9.17, 15) is 15.2 Å². The van der Waals surface area contributed by atoms with Crippen molar-refractivity contribution in [2.24, 2.45) is 0 Å². The van der Waals surface area contributed by atoms with E-state index in [1.807, 2.05) is 19.9 Å². The lowest BCUT2D eigenvalue weighted by molar-refractivity contribution is -0.384. The largest absolute Gasteiger partial charge is 0.412 e. The number of aliphatic hydroxyl groups excluding tert-OH is 1. The fraction of sp³-hybridized carbons (Fsp3) is 0.409. The van der Waals surface area contributed by atoms with E-state index in [0.29, 0.717) is 18.6 Å². The number of nitrogens with one attached hydrogen (secondary N) is 1. The van der Waals surface area contributed by atoms with E-state index in [0.717, 1.165) is 46.2 Å². The SMILES string of the molecule is CCN(CC)CC(O)CNc1c2ccc([N+](=O)[O-])cc2nc2cc(C)c(C)cc12.Cl.Cl.O.O. The van der Waals surface area contributed by atoms with E-state index in [2.05, 4.69) is 35.1 Å². The second-order valence-electron chi connectivity index (χ2n) is 7.42. The summed E-state index contributed by atoms with van der Waals surface area (Å²) >= 11 is 0. The highest BCUT2D eigenvalue weighted by molar-refractivity contribution is 6.08. The van der Waals surface area contributed by atoms with Crippen LogP contribution in [-0.2, 0) is 0 Å². The van der Waals surface area contributed by atoms with Gasteiger partial charge in [0.1, 0.15) is 0 Å². The number of likely N-dealkylation sites (N-methyl/N-ethyl adjacent to an activating group) is 1. The van der Waals surface area contributed by atoms with Gasteiger partial charge in [-0.3, -0.25) is 10.1 Å². The Bertz CT molecular complexity index is 1060. The predicted molar refractivity (Wildman–Crippen MR) is 139 cm³/mol. The Morgan fingerprint density at radius 3 is 2.18 bits per heavy atom. The van der Waals surface area contributed by atoms with E-state index in [-0.39, 0.29) is 41.5 Å². The minimum Gasteiger partial charge on any atom is -0.412 e. The second-order valence-corrected chi connectivity index (χ2v) is 7.42. The number of nitrogens with zero attached hydrogens (tertiary/aromatic N) is 3. The van der Waals surface area contributed by atoms with Crippen LogP contribution in [0, 0.1) is 24.0 Å². The lowest BCUT2D eigenvalue weighted by Gasteiger charge is -2.23. The molecule has 0 saturated carbocycles. The number of benzene rings is 2. The number of aromatic nitrogens is 1. The molecule has 186 valence electrons. The molecule has 3 aromatic rings. The third-order valence-electron chi connectivity index (χ3n) is 5.46. The molecule has 3 rings (SSSR count). The van der Waals surface area contributed by atoms with E-state index in [1.165, 1.54) is 12.1 Å². The van der Waals surface area contributed by atoms with E-state index >= 15 is 0 Å². The van der Waals surface area contributed by atoms with Crippen molar-refractivity contribution in [2.75, 3.05) is 31.5 Å². The number of hydrogen-bond acceptors (Lipinski definition) is 6. The van der Waals surface area contributed by atoms with Gasteiger partial charge >= 0.3 is 0 Å². The monoisotopic (exact) mass is 504 g/mol. The van der Waals surface area contributed by atoms with Crippen molar-refractivity contribution in [1.82, 2.24) is 9.88 Å². The van der Waals surface area contributed by atoms with Crippen molar-refractivity contribution in [3.63, 3.8) is 0 Å². The summed E-state index contributed by atoms with van der Waals surface area (Å²) in [7, 11) is 0. The zero-order valence-electron chi connectivity index (χ0n) is 19.2. The smallest absolute Gasteiger partial charge is 0.271 e. The van der Waals surface area contributed by atoms with Gasteiger partial charge in [-0.2, -0.15) is 0 Å². The van der Waals surface area contributed by atoms with Crippen LogP contribution >= 0.6 is 24.8 Å². The number of fused-ring (bicyclic) bond motifs is 2. The van der Waals surface area contributed by atoms with Crippen LogP contribution in [0.4, 0.5) is 11.4 Å². The van der Waals surface area contributed by atoms with E-state index in [4.69, 9.17) is 0 Å². The minimum absolute atomic E-state index is 0. The normalized spacial score (nSPS) is 11.1. The number of nitro benzene ring substituents is 1. The first-order valence-corrected chi connectivity index (χ1v) is 9.97. The van der Waals surface area contributed by atoms with Gasteiger partial charge in [-0.05, 0) is 56.3 Å². The number of anilines is 1. The van der Waals surface area contributed by atoms with Crippen LogP contribution in [0.25, 0.3) is 21.8 Å². The molecular weight excluding hydrogens is 471 g/mol. The quantitative estimate of drug-likeness (QED) is 0.272. The number of non-ortho nitro benzene ring substituents is 1. The Hall–Kier alpha value is -2.27. The summed E-state index contributed by atoms with van der Waals surface area (Å²) in [5, 5.41) is 26.8. The molecule has 0 bridgehead atoms. The van der Waals surface area contributed by atoms with Gasteiger partial charge < -0.3 is 26.3 Å². The molecule has 0 spiro atoms. The lowest BCUT2D eigenvalue weighted by atomic mass is 10.0. The van der Waals surface area contributed by atoms with Crippen LogP contribution in [0.3, 0.4) is 0 Å². The standard InChI is InChI=1S/C22H28N4O3.2ClH.2H2O/c1-5-25(6-2)13-17(27)12-23-22-18-8-7-16(26(28)29)11-21(18)24-20-10-15(4)14(3)9-19(20)22;;;;/h7-11,17,27H,5-6,12-13H2,1-4H3,(H,23,24);2*1H;2*1H2. The third-order valence-corrected chi connectivity index (χ3v) is 5.46. The van der Waals surface area contributed by atoms with Crippen LogP contribution in [-0.4, -0.2) is 63.1 Å². The molecule has 2 aromatic carbocycles. The molecule has 0 aliphatic carbocycles. The maximum absolute atomic E-state index is 11.2. The van der Waals surface area contributed by atoms with Crippen molar-refractivity contribution in [1.29, 1.82) is 0 Å². The number of aryl methyl sites for hydroxylation is 2. The Kier molecular flexibility index (Phi) is 14.1. The molecule has 0 fully saturated rings. The zero-order valence-corrected chi connectivity index (χ0v) is 20.8. The van der Waals surface area contributed by atoms with Gasteiger partial charge in [-0.25, -0.2) is 4.98 Å². The number of halogens is 2. The second kappa shape index (κ2) is 14.1. The van der Waals surface area contributed by atoms with Gasteiger partial charge in [-0.15, -0.1) is 24.8 Å². The fourth-order valence-electron chi connectivity index (χ4n) is 3.56. The Labute approximate surface area is 205 Å². The van der Waals surface area contributed by atoms with Crippen molar-refractivity contribution in [3.8, 4) is 0 Å². The van der Waals surface area contributed by atoms with Gasteiger partial charge in [0.15, 0.2) is 0 Å². The van der Waals surface area contributed by atoms with Gasteiger partial charge in [-0.1, -0.05) is 13.8 Å². The topological polar surface area (TPSA) is 155 Å². The molecule has 33 heavy (non-hydrogen) atoms. The Balaban J connectivity index is 0. The summed E-state index contributed by atoms with van der Waals surface area (Å²) < 4.78 is 0. The van der Waals surface area contributed by atoms with Crippen molar-refractivity contribution >= 4 is 58.0 Å². The van der Waals surface area contributed by atoms with Crippen LogP contribution in [0.5, 0.6) is 0 Å². The molecular formula is C22H34Cl2N4O5. The molecule has 9 nitrogen and oxygen atoms in total. The maximum Gasteiger partial charge on any atom is 0.271 e. The highest BCUT2D eigenvalue weighted by Gasteiger charge is 2.16. The molecule has 0 saturated heterocycles. The van der Waals surface area contributed by atoms with Crippen molar-refractivity contribution in [3.05, 3.63) is 51.6 Å². The molecule has 0 radical (unpaired) electrons. The first kappa shape index (κ1) is 32.9. The molecule has 6 N–H and O–H groups in total. The van der Waals surface area contributed by atoms with E-state index in [1.54, 1.807) is 6.07 Å². The number of nitro groups is 1. The van der Waals surface area contributed by atoms with Crippen LogP contribution in [0.15, 0.2) is 30.3 Å². The third kappa shape index (κ3) is 7.36. The summed E-state index contributed by atoms with van der Waals surface area (Å²) in [6, 6.07) is 8.81. The summed E-state index contributed by atoms with van der Waals surface area (Å²) in [6.45, 7) is 11.0. The van der Waals surface area contributed by atoms with Gasteiger partial charge in [0.2, 0.25) is 0 Å². The van der Waals surface area contributed by atoms with Crippen LogP contribution in [0.2, 0.25) is 0 Å². The number of hydrogen-bond donors (Lipinski definition) is 2. The molecule has 1 unspecified atom stereocenters. The van der Waals surface area contributed by atoms with Gasteiger partial charge in [0.05, 0.1) is 27.7 Å². The summed E-state index contributed by atoms with van der Waals surface area (Å²) in [4.78, 5) is 17.6. The van der Waals surface area contributed by atoms with Gasteiger partial charge in [0.25, 0.3) is 5.69 Å². The molecule has 0 aliphatic heterocycles. The fourth-order valence-corrected chi connectivity index (χ4v) is 3.56. The summed E-state index contributed by atoms with van der Waals surface area (Å²) in [5.74, 6) is 0. The molecule has 0 amide bonds. The molecule has 1 heterocycles. The molecule has 1 aromatic heterocycles. The summed E-state index contributed by atoms with van der Waals surface area (Å²) in [6.07, 6.45) is -0.530. The number of aliphatic hydroxyl groups is 1. The first-order valence-electron chi connectivity index (χ1n) is 9.97. The van der Waals surface area contributed by atoms with Crippen LogP contribution < -0.4 is 5.32 Å². The molecule has 11 heteroatoms. The maximum atomic E-state index is 11.2. The first-order chi connectivity index (χ1) is 13.8. The number of pyridine rings is 1. The zero-order chi connectivity index (χ0) is 21.1. The average Bonchev–Trinajstić information content (AvgIpc) is 2.70. The average molecular weight is 505 g/mol. The number of rotatable bonds is 8. The predicted octanol–water partition coefficient (Wildman–Crippen LogP) is 3.22. The molecule has 1 atom stereocenters. The Morgan fingerprint density at radius 2 is 1.61 bits per heavy atom. The van der Waals surface area contributed by atoms with Crippen molar-refractivity contribution < 1.29 is 21.0 Å². The Morgan fingerprint density at radius 1 is 1.03 bits per heavy atom. The highest BCUT2D eigenvalue weighted by atomic mass is 35.5.